The van der Waals surface area contributed by atoms with Crippen LogP contribution in [0.15, 0.2) is 84.0 Å². The number of aromatic nitrogens is 2. The normalized spacial score (nSPS) is 10.5. The number of thioether (sulfide) groups is 1. The van der Waals surface area contributed by atoms with E-state index >= 15 is 0 Å². The molecule has 1 aromatic heterocycles. The van der Waals surface area contributed by atoms with Gasteiger partial charge in [-0.3, -0.25) is 0 Å². The number of esters is 1. The van der Waals surface area contributed by atoms with Gasteiger partial charge in [-0.15, -0.1) is 0 Å². The zero-order valence-corrected chi connectivity index (χ0v) is 18.2. The van der Waals surface area contributed by atoms with Gasteiger partial charge in [0.2, 0.25) is 0 Å². The highest BCUT2D eigenvalue weighted by molar-refractivity contribution is 7.99. The number of benzene rings is 3. The molecule has 4 nitrogen and oxygen atoms in total. The maximum atomic E-state index is 12.0. The number of rotatable bonds is 6. The van der Waals surface area contributed by atoms with E-state index in [-0.39, 0.29) is 6.61 Å². The summed E-state index contributed by atoms with van der Waals surface area (Å²) in [5.74, 6) is 6.08. The van der Waals surface area contributed by atoms with Crippen LogP contribution in [0.1, 0.15) is 15.9 Å². The van der Waals surface area contributed by atoms with Crippen LogP contribution >= 0.6 is 23.4 Å². The standard InChI is InChI=1S/C25H19ClN2O2S/c26-21-14-12-20(13-15-21)24(29)30-16-6-7-17-31-25-27-22-10-4-5-11-23(22)28(25)18-19-8-2-1-3-9-19/h1-5,8-15H,16-18H2. The molecule has 0 saturated carbocycles. The molecule has 0 aliphatic carbocycles. The van der Waals surface area contributed by atoms with Crippen molar-refractivity contribution in [1.29, 1.82) is 0 Å². The number of hydrogen-bond acceptors (Lipinski definition) is 4. The molecule has 0 aliphatic rings. The lowest BCUT2D eigenvalue weighted by atomic mass is 10.2. The fourth-order valence-corrected chi connectivity index (χ4v) is 3.97. The van der Waals surface area contributed by atoms with Gasteiger partial charge in [-0.1, -0.05) is 77.7 Å². The Morgan fingerprint density at radius 2 is 1.71 bits per heavy atom. The molecule has 0 amide bonds. The molecule has 154 valence electrons. The SMILES string of the molecule is O=C(OCC#CCSc1nc2ccccc2n1Cc1ccccc1)c1ccc(Cl)cc1. The van der Waals surface area contributed by atoms with Crippen LogP contribution in [0.2, 0.25) is 5.02 Å². The van der Waals surface area contributed by atoms with Crippen molar-refractivity contribution in [3.05, 3.63) is 95.0 Å². The third kappa shape index (κ3) is 5.49. The molecule has 0 saturated heterocycles. The Labute approximate surface area is 190 Å². The molecule has 31 heavy (non-hydrogen) atoms. The molecule has 0 N–H and O–H groups in total. The minimum atomic E-state index is -0.414. The topological polar surface area (TPSA) is 44.1 Å². The van der Waals surface area contributed by atoms with Gasteiger partial charge in [-0.25, -0.2) is 9.78 Å². The molecule has 0 aliphatic heterocycles. The van der Waals surface area contributed by atoms with Crippen LogP contribution in [0.5, 0.6) is 0 Å². The first-order valence-corrected chi connectivity index (χ1v) is 11.1. The number of nitrogens with zero attached hydrogens (tertiary/aromatic N) is 2. The predicted molar refractivity (Wildman–Crippen MR) is 126 cm³/mol. The second kappa shape index (κ2) is 10.2. The van der Waals surface area contributed by atoms with Crippen molar-refractivity contribution in [2.24, 2.45) is 0 Å². The summed E-state index contributed by atoms with van der Waals surface area (Å²) >= 11 is 7.40. The Morgan fingerprint density at radius 3 is 2.52 bits per heavy atom. The summed E-state index contributed by atoms with van der Waals surface area (Å²) in [5, 5.41) is 1.49. The molecule has 1 heterocycles. The van der Waals surface area contributed by atoms with Crippen LogP contribution in [0, 0.1) is 11.8 Å². The van der Waals surface area contributed by atoms with Gasteiger partial charge in [0.15, 0.2) is 11.8 Å². The van der Waals surface area contributed by atoms with E-state index in [0.717, 1.165) is 22.7 Å². The van der Waals surface area contributed by atoms with Gasteiger partial charge in [-0.05, 0) is 42.0 Å². The lowest BCUT2D eigenvalue weighted by molar-refractivity contribution is 0.0556. The van der Waals surface area contributed by atoms with Gasteiger partial charge in [-0.2, -0.15) is 0 Å². The van der Waals surface area contributed by atoms with Crippen LogP contribution in [0.25, 0.3) is 11.0 Å². The molecular formula is C25H19ClN2O2S. The van der Waals surface area contributed by atoms with Gasteiger partial charge in [0, 0.05) is 5.02 Å². The van der Waals surface area contributed by atoms with Gasteiger partial charge in [0.05, 0.1) is 28.9 Å². The van der Waals surface area contributed by atoms with Crippen molar-refractivity contribution in [2.75, 3.05) is 12.4 Å². The summed E-state index contributed by atoms with van der Waals surface area (Å²) in [6.07, 6.45) is 0. The average Bonchev–Trinajstić information content (AvgIpc) is 3.14. The summed E-state index contributed by atoms with van der Waals surface area (Å²) in [6.45, 7) is 0.790. The highest BCUT2D eigenvalue weighted by Gasteiger charge is 2.11. The Balaban J connectivity index is 1.38. The number of imidazole rings is 1. The minimum absolute atomic E-state index is 0.0441. The first kappa shape index (κ1) is 21.0. The molecule has 0 atom stereocenters. The van der Waals surface area contributed by atoms with E-state index in [1.54, 1.807) is 36.0 Å². The Bertz CT molecular complexity index is 1240. The van der Waals surface area contributed by atoms with Crippen molar-refractivity contribution < 1.29 is 9.53 Å². The number of para-hydroxylation sites is 2. The minimum Gasteiger partial charge on any atom is -0.449 e. The molecule has 0 radical (unpaired) electrons. The number of fused-ring (bicyclic) bond motifs is 1. The molecule has 0 fully saturated rings. The molecule has 4 rings (SSSR count). The van der Waals surface area contributed by atoms with E-state index in [9.17, 15) is 4.79 Å². The quantitative estimate of drug-likeness (QED) is 0.217. The number of ether oxygens (including phenoxy) is 1. The van der Waals surface area contributed by atoms with Crippen LogP contribution < -0.4 is 0 Å². The second-order valence-corrected chi connectivity index (χ2v) is 8.06. The van der Waals surface area contributed by atoms with E-state index in [4.69, 9.17) is 21.3 Å². The van der Waals surface area contributed by atoms with Crippen LogP contribution in [-0.2, 0) is 11.3 Å². The van der Waals surface area contributed by atoms with Crippen LogP contribution in [-0.4, -0.2) is 27.9 Å². The van der Waals surface area contributed by atoms with Gasteiger partial charge < -0.3 is 9.30 Å². The van der Waals surface area contributed by atoms with Gasteiger partial charge in [0.1, 0.15) is 0 Å². The van der Waals surface area contributed by atoms with Crippen molar-refractivity contribution in [2.45, 2.75) is 11.7 Å². The maximum absolute atomic E-state index is 12.0. The van der Waals surface area contributed by atoms with Crippen molar-refractivity contribution in [3.8, 4) is 11.8 Å². The number of halogens is 1. The third-order valence-corrected chi connectivity index (χ3v) is 5.67. The second-order valence-electron chi connectivity index (χ2n) is 6.68. The smallest absolute Gasteiger partial charge is 0.339 e. The van der Waals surface area contributed by atoms with Crippen LogP contribution in [0.3, 0.4) is 0 Å². The summed E-state index contributed by atoms with van der Waals surface area (Å²) in [5.41, 5.74) is 3.73. The summed E-state index contributed by atoms with van der Waals surface area (Å²) in [7, 11) is 0. The number of carbonyl (C=O) groups excluding carboxylic acids is 1. The highest BCUT2D eigenvalue weighted by atomic mass is 35.5. The lowest BCUT2D eigenvalue weighted by Gasteiger charge is -2.08. The van der Waals surface area contributed by atoms with E-state index in [0.29, 0.717) is 16.3 Å². The van der Waals surface area contributed by atoms with Gasteiger partial charge in [0.25, 0.3) is 0 Å². The molecule has 4 aromatic rings. The fraction of sp³-hybridized carbons (Fsp3) is 0.120. The predicted octanol–water partition coefficient (Wildman–Crippen LogP) is 5.69. The summed E-state index contributed by atoms with van der Waals surface area (Å²) in [4.78, 5) is 16.7. The first-order valence-electron chi connectivity index (χ1n) is 9.71. The van der Waals surface area contributed by atoms with Crippen molar-refractivity contribution in [3.63, 3.8) is 0 Å². The first-order chi connectivity index (χ1) is 15.2. The van der Waals surface area contributed by atoms with Crippen molar-refractivity contribution in [1.82, 2.24) is 9.55 Å². The Hall–Kier alpha value is -3.20. The molecule has 0 unspecified atom stereocenters. The molecule has 3 aromatic carbocycles. The molecular weight excluding hydrogens is 428 g/mol. The van der Waals surface area contributed by atoms with E-state index in [1.165, 1.54) is 5.56 Å². The Kier molecular flexibility index (Phi) is 6.93. The summed E-state index contributed by atoms with van der Waals surface area (Å²) in [6, 6.07) is 25.0. The molecule has 0 spiro atoms. The maximum Gasteiger partial charge on any atom is 0.339 e. The van der Waals surface area contributed by atoms with E-state index < -0.39 is 5.97 Å². The molecule has 6 heteroatoms. The Morgan fingerprint density at radius 1 is 0.968 bits per heavy atom. The monoisotopic (exact) mass is 446 g/mol. The lowest BCUT2D eigenvalue weighted by Crippen LogP contribution is -2.05. The average molecular weight is 447 g/mol. The highest BCUT2D eigenvalue weighted by Crippen LogP contribution is 2.25. The summed E-state index contributed by atoms with van der Waals surface area (Å²) < 4.78 is 7.39. The zero-order chi connectivity index (χ0) is 21.5. The van der Waals surface area contributed by atoms with E-state index in [1.807, 2.05) is 36.4 Å². The zero-order valence-electron chi connectivity index (χ0n) is 16.6. The van der Waals surface area contributed by atoms with Gasteiger partial charge >= 0.3 is 5.97 Å². The fourth-order valence-electron chi connectivity index (χ4n) is 3.06. The molecule has 0 bridgehead atoms. The van der Waals surface area contributed by atoms with E-state index in [2.05, 4.69) is 34.6 Å². The number of hydrogen-bond donors (Lipinski definition) is 0. The third-order valence-electron chi connectivity index (χ3n) is 4.56. The largest absolute Gasteiger partial charge is 0.449 e. The van der Waals surface area contributed by atoms with Crippen LogP contribution in [0.4, 0.5) is 0 Å². The number of carbonyl (C=O) groups is 1. The van der Waals surface area contributed by atoms with Crippen molar-refractivity contribution >= 4 is 40.4 Å².